The SMILES string of the molecule is Cc1cnc(CN2C(=O)C=CC2=O)cn1. The predicted molar refractivity (Wildman–Crippen MR) is 51.5 cm³/mol. The molecule has 0 aromatic carbocycles. The number of aryl methyl sites for hydroxylation is 1. The second kappa shape index (κ2) is 3.61. The zero-order chi connectivity index (χ0) is 10.8. The van der Waals surface area contributed by atoms with Crippen LogP contribution in [0.4, 0.5) is 0 Å². The Morgan fingerprint density at radius 3 is 2.33 bits per heavy atom. The molecule has 5 nitrogen and oxygen atoms in total. The highest BCUT2D eigenvalue weighted by molar-refractivity contribution is 6.12. The first-order valence-corrected chi connectivity index (χ1v) is 4.48. The molecule has 2 rings (SSSR count). The van der Waals surface area contributed by atoms with E-state index in [2.05, 4.69) is 9.97 Å². The quantitative estimate of drug-likeness (QED) is 0.644. The first kappa shape index (κ1) is 9.51. The van der Waals surface area contributed by atoms with Gasteiger partial charge in [0.2, 0.25) is 0 Å². The van der Waals surface area contributed by atoms with Gasteiger partial charge in [0, 0.05) is 18.3 Å². The van der Waals surface area contributed by atoms with E-state index in [4.69, 9.17) is 0 Å². The highest BCUT2D eigenvalue weighted by Crippen LogP contribution is 2.08. The number of hydrogen-bond donors (Lipinski definition) is 0. The molecule has 0 fully saturated rings. The van der Waals surface area contributed by atoms with Crippen molar-refractivity contribution in [3.63, 3.8) is 0 Å². The van der Waals surface area contributed by atoms with Crippen LogP contribution in [0.2, 0.25) is 0 Å². The summed E-state index contributed by atoms with van der Waals surface area (Å²) < 4.78 is 0. The molecule has 0 spiro atoms. The fourth-order valence-corrected chi connectivity index (χ4v) is 1.25. The van der Waals surface area contributed by atoms with Gasteiger partial charge in [0.05, 0.1) is 24.1 Å². The van der Waals surface area contributed by atoms with Crippen LogP contribution in [0.15, 0.2) is 24.5 Å². The molecule has 0 saturated carbocycles. The molecule has 2 amide bonds. The molecular formula is C10H9N3O2. The number of aromatic nitrogens is 2. The average Bonchev–Trinajstić information content (AvgIpc) is 2.53. The number of amides is 2. The summed E-state index contributed by atoms with van der Waals surface area (Å²) in [6.07, 6.45) is 5.68. The first-order chi connectivity index (χ1) is 7.16. The Bertz CT molecular complexity index is 418. The lowest BCUT2D eigenvalue weighted by Crippen LogP contribution is -2.29. The van der Waals surface area contributed by atoms with E-state index in [1.54, 1.807) is 12.4 Å². The van der Waals surface area contributed by atoms with E-state index >= 15 is 0 Å². The Kier molecular flexibility index (Phi) is 2.29. The van der Waals surface area contributed by atoms with Gasteiger partial charge in [0.1, 0.15) is 0 Å². The lowest BCUT2D eigenvalue weighted by molar-refractivity contribution is -0.137. The fourth-order valence-electron chi connectivity index (χ4n) is 1.25. The number of rotatable bonds is 2. The molecule has 0 atom stereocenters. The van der Waals surface area contributed by atoms with Gasteiger partial charge < -0.3 is 0 Å². The lowest BCUT2D eigenvalue weighted by Gasteiger charge is -2.12. The van der Waals surface area contributed by atoms with Gasteiger partial charge in [0.25, 0.3) is 11.8 Å². The number of hydrogen-bond acceptors (Lipinski definition) is 4. The van der Waals surface area contributed by atoms with Gasteiger partial charge in [-0.15, -0.1) is 0 Å². The molecule has 15 heavy (non-hydrogen) atoms. The summed E-state index contributed by atoms with van der Waals surface area (Å²) in [5.74, 6) is -0.607. The molecule has 1 aliphatic heterocycles. The Hall–Kier alpha value is -2.04. The third-order valence-electron chi connectivity index (χ3n) is 2.06. The maximum absolute atomic E-state index is 11.2. The number of carbonyl (C=O) groups is 2. The summed E-state index contributed by atoms with van der Waals surface area (Å²) in [7, 11) is 0. The summed E-state index contributed by atoms with van der Waals surface area (Å²) >= 11 is 0. The molecular weight excluding hydrogens is 194 g/mol. The van der Waals surface area contributed by atoms with Crippen LogP contribution in [0.25, 0.3) is 0 Å². The third-order valence-corrected chi connectivity index (χ3v) is 2.06. The van der Waals surface area contributed by atoms with Gasteiger partial charge in [-0.05, 0) is 6.92 Å². The third kappa shape index (κ3) is 1.90. The smallest absolute Gasteiger partial charge is 0.253 e. The predicted octanol–water partition coefficient (Wildman–Crippen LogP) is 0.210. The van der Waals surface area contributed by atoms with Gasteiger partial charge >= 0.3 is 0 Å². The van der Waals surface area contributed by atoms with Gasteiger partial charge in [-0.1, -0.05) is 0 Å². The molecule has 0 saturated heterocycles. The Morgan fingerprint density at radius 1 is 1.13 bits per heavy atom. The molecule has 2 heterocycles. The van der Waals surface area contributed by atoms with Gasteiger partial charge in [-0.2, -0.15) is 0 Å². The maximum Gasteiger partial charge on any atom is 0.253 e. The van der Waals surface area contributed by atoms with Crippen molar-refractivity contribution in [2.24, 2.45) is 0 Å². The van der Waals surface area contributed by atoms with Crippen molar-refractivity contribution in [2.75, 3.05) is 0 Å². The first-order valence-electron chi connectivity index (χ1n) is 4.48. The van der Waals surface area contributed by atoms with Gasteiger partial charge in [0.15, 0.2) is 0 Å². The zero-order valence-corrected chi connectivity index (χ0v) is 8.17. The van der Waals surface area contributed by atoms with Crippen LogP contribution in [0.3, 0.4) is 0 Å². The van der Waals surface area contributed by atoms with Crippen LogP contribution in [0, 0.1) is 6.92 Å². The highest BCUT2D eigenvalue weighted by atomic mass is 16.2. The van der Waals surface area contributed by atoms with E-state index in [0.29, 0.717) is 5.69 Å². The Labute approximate surface area is 86.4 Å². The topological polar surface area (TPSA) is 63.2 Å². The van der Waals surface area contributed by atoms with Crippen molar-refractivity contribution in [3.8, 4) is 0 Å². The summed E-state index contributed by atoms with van der Waals surface area (Å²) in [4.78, 5) is 31.7. The van der Waals surface area contributed by atoms with Crippen LogP contribution < -0.4 is 0 Å². The second-order valence-electron chi connectivity index (χ2n) is 3.25. The largest absolute Gasteiger partial charge is 0.269 e. The number of imide groups is 1. The van der Waals surface area contributed by atoms with Crippen molar-refractivity contribution in [3.05, 3.63) is 35.9 Å². The molecule has 1 aromatic rings. The van der Waals surface area contributed by atoms with Gasteiger partial charge in [-0.25, -0.2) is 0 Å². The summed E-state index contributed by atoms with van der Waals surface area (Å²) in [5.41, 5.74) is 1.40. The van der Waals surface area contributed by atoms with Gasteiger partial charge in [-0.3, -0.25) is 24.5 Å². The summed E-state index contributed by atoms with van der Waals surface area (Å²) in [5, 5.41) is 0. The van der Waals surface area contributed by atoms with E-state index in [1.165, 1.54) is 12.2 Å². The molecule has 0 unspecified atom stereocenters. The Balaban J connectivity index is 2.12. The van der Waals surface area contributed by atoms with Crippen molar-refractivity contribution in [2.45, 2.75) is 13.5 Å². The van der Waals surface area contributed by atoms with E-state index in [1.807, 2.05) is 6.92 Å². The molecule has 0 radical (unpaired) electrons. The monoisotopic (exact) mass is 203 g/mol. The summed E-state index contributed by atoms with van der Waals surface area (Å²) in [6, 6.07) is 0. The van der Waals surface area contributed by atoms with E-state index < -0.39 is 0 Å². The van der Waals surface area contributed by atoms with Crippen molar-refractivity contribution < 1.29 is 9.59 Å². The van der Waals surface area contributed by atoms with Crippen LogP contribution in [-0.4, -0.2) is 26.7 Å². The standard InChI is InChI=1S/C10H9N3O2/c1-7-4-12-8(5-11-7)6-13-9(14)2-3-10(13)15/h2-5H,6H2,1H3. The second-order valence-corrected chi connectivity index (χ2v) is 3.25. The normalized spacial score (nSPS) is 15.1. The van der Waals surface area contributed by atoms with E-state index in [-0.39, 0.29) is 18.4 Å². The fraction of sp³-hybridized carbons (Fsp3) is 0.200. The minimum absolute atomic E-state index is 0.179. The minimum atomic E-state index is -0.303. The molecule has 1 aliphatic rings. The highest BCUT2D eigenvalue weighted by Gasteiger charge is 2.23. The van der Waals surface area contributed by atoms with Crippen LogP contribution >= 0.6 is 0 Å². The van der Waals surface area contributed by atoms with Crippen LogP contribution in [-0.2, 0) is 16.1 Å². The van der Waals surface area contributed by atoms with Crippen LogP contribution in [0.1, 0.15) is 11.4 Å². The average molecular weight is 203 g/mol. The Morgan fingerprint density at radius 2 is 1.80 bits per heavy atom. The molecule has 5 heteroatoms. The minimum Gasteiger partial charge on any atom is -0.269 e. The molecule has 76 valence electrons. The van der Waals surface area contributed by atoms with E-state index in [0.717, 1.165) is 10.6 Å². The molecule has 0 N–H and O–H groups in total. The van der Waals surface area contributed by atoms with Crippen LogP contribution in [0.5, 0.6) is 0 Å². The lowest BCUT2D eigenvalue weighted by atomic mass is 10.4. The molecule has 1 aromatic heterocycles. The number of nitrogens with zero attached hydrogens (tertiary/aromatic N) is 3. The van der Waals surface area contributed by atoms with Crippen molar-refractivity contribution in [1.29, 1.82) is 0 Å². The maximum atomic E-state index is 11.2. The zero-order valence-electron chi connectivity index (χ0n) is 8.17. The van der Waals surface area contributed by atoms with Crippen molar-refractivity contribution >= 4 is 11.8 Å². The van der Waals surface area contributed by atoms with E-state index in [9.17, 15) is 9.59 Å². The molecule has 0 aliphatic carbocycles. The molecule has 0 bridgehead atoms. The summed E-state index contributed by atoms with van der Waals surface area (Å²) in [6.45, 7) is 2.00. The van der Waals surface area contributed by atoms with Crippen molar-refractivity contribution in [1.82, 2.24) is 14.9 Å². The number of carbonyl (C=O) groups excluding carboxylic acids is 2.